The highest BCUT2D eigenvalue weighted by Crippen LogP contribution is 2.27. The van der Waals surface area contributed by atoms with Gasteiger partial charge in [0, 0.05) is 27.1 Å². The average molecular weight is 369 g/mol. The molecule has 1 aromatic heterocycles. The van der Waals surface area contributed by atoms with Gasteiger partial charge >= 0.3 is 12.1 Å². The number of carbonyl (C=O) groups is 2. The SMILES string of the molecule is CC(C)(C)OC(=O)NC(C(=O)O)c1c[nH]c2ccc(Br)cc12. The van der Waals surface area contributed by atoms with Crippen LogP contribution in [-0.2, 0) is 9.53 Å². The monoisotopic (exact) mass is 368 g/mol. The summed E-state index contributed by atoms with van der Waals surface area (Å²) in [7, 11) is 0. The van der Waals surface area contributed by atoms with Gasteiger partial charge in [-0.25, -0.2) is 9.59 Å². The van der Waals surface area contributed by atoms with E-state index in [-0.39, 0.29) is 0 Å². The lowest BCUT2D eigenvalue weighted by Gasteiger charge is -2.21. The number of ether oxygens (including phenoxy) is 1. The molecule has 0 fully saturated rings. The molecular formula is C15H17BrN2O4. The number of carboxylic acids is 1. The van der Waals surface area contributed by atoms with Gasteiger partial charge in [-0.05, 0) is 39.0 Å². The first-order chi connectivity index (χ1) is 10.2. The maximum atomic E-state index is 11.9. The zero-order valence-corrected chi connectivity index (χ0v) is 14.0. The van der Waals surface area contributed by atoms with E-state index in [1.165, 1.54) is 0 Å². The van der Waals surface area contributed by atoms with E-state index < -0.39 is 23.7 Å². The molecule has 6 nitrogen and oxygen atoms in total. The van der Waals surface area contributed by atoms with Crippen molar-refractivity contribution in [3.05, 3.63) is 34.4 Å². The lowest BCUT2D eigenvalue weighted by atomic mass is 10.1. The van der Waals surface area contributed by atoms with Crippen LogP contribution in [0.5, 0.6) is 0 Å². The third-order valence-electron chi connectivity index (χ3n) is 2.89. The number of hydrogen-bond donors (Lipinski definition) is 3. The Labute approximate surface area is 136 Å². The van der Waals surface area contributed by atoms with Gasteiger partial charge in [0.15, 0.2) is 6.04 Å². The summed E-state index contributed by atoms with van der Waals surface area (Å²) in [5, 5.41) is 12.5. The van der Waals surface area contributed by atoms with Gasteiger partial charge < -0.3 is 20.1 Å². The summed E-state index contributed by atoms with van der Waals surface area (Å²) in [6, 6.07) is 4.28. The molecule has 0 aliphatic carbocycles. The lowest BCUT2D eigenvalue weighted by Crippen LogP contribution is -2.38. The molecule has 0 radical (unpaired) electrons. The summed E-state index contributed by atoms with van der Waals surface area (Å²) >= 11 is 3.35. The van der Waals surface area contributed by atoms with E-state index in [2.05, 4.69) is 26.2 Å². The van der Waals surface area contributed by atoms with Crippen molar-refractivity contribution >= 4 is 38.9 Å². The number of benzene rings is 1. The van der Waals surface area contributed by atoms with Crippen molar-refractivity contribution in [2.24, 2.45) is 0 Å². The number of H-pyrrole nitrogens is 1. The van der Waals surface area contributed by atoms with Gasteiger partial charge in [-0.2, -0.15) is 0 Å². The van der Waals surface area contributed by atoms with Crippen molar-refractivity contribution in [1.29, 1.82) is 0 Å². The van der Waals surface area contributed by atoms with Crippen LogP contribution in [0.2, 0.25) is 0 Å². The number of carbonyl (C=O) groups excluding carboxylic acids is 1. The second-order valence-electron chi connectivity index (χ2n) is 5.85. The Hall–Kier alpha value is -2.02. The molecule has 1 unspecified atom stereocenters. The second-order valence-corrected chi connectivity index (χ2v) is 6.77. The van der Waals surface area contributed by atoms with Gasteiger partial charge in [-0.3, -0.25) is 0 Å². The van der Waals surface area contributed by atoms with E-state index in [1.807, 2.05) is 12.1 Å². The highest BCUT2D eigenvalue weighted by atomic mass is 79.9. The molecule has 1 aromatic carbocycles. The number of aromatic nitrogens is 1. The quantitative estimate of drug-likeness (QED) is 0.771. The summed E-state index contributed by atoms with van der Waals surface area (Å²) in [4.78, 5) is 26.4. The van der Waals surface area contributed by atoms with Crippen molar-refractivity contribution in [3.8, 4) is 0 Å². The zero-order valence-electron chi connectivity index (χ0n) is 12.4. The number of aromatic amines is 1. The fraction of sp³-hybridized carbons (Fsp3) is 0.333. The first kappa shape index (κ1) is 16.4. The van der Waals surface area contributed by atoms with E-state index in [0.717, 1.165) is 15.4 Å². The summed E-state index contributed by atoms with van der Waals surface area (Å²) in [6.45, 7) is 5.14. The topological polar surface area (TPSA) is 91.4 Å². The fourth-order valence-electron chi connectivity index (χ4n) is 2.05. The van der Waals surface area contributed by atoms with Crippen molar-refractivity contribution in [1.82, 2.24) is 10.3 Å². The molecule has 0 spiro atoms. The Kier molecular flexibility index (Phi) is 4.46. The molecule has 3 N–H and O–H groups in total. The van der Waals surface area contributed by atoms with Crippen LogP contribution in [0.3, 0.4) is 0 Å². The Morgan fingerprint density at radius 1 is 1.36 bits per heavy atom. The van der Waals surface area contributed by atoms with E-state index in [9.17, 15) is 14.7 Å². The predicted octanol–water partition coefficient (Wildman–Crippen LogP) is 3.58. The Bertz CT molecular complexity index is 718. The van der Waals surface area contributed by atoms with E-state index in [4.69, 9.17) is 4.74 Å². The van der Waals surface area contributed by atoms with Crippen LogP contribution in [0, 0.1) is 0 Å². The molecule has 0 bridgehead atoms. The normalized spacial score (nSPS) is 12.9. The second kappa shape index (κ2) is 6.00. The number of aliphatic carboxylic acids is 1. The van der Waals surface area contributed by atoms with Gasteiger partial charge in [-0.1, -0.05) is 15.9 Å². The largest absolute Gasteiger partial charge is 0.479 e. The number of carboxylic acid groups (broad SMARTS) is 1. The van der Waals surface area contributed by atoms with Crippen LogP contribution in [0.15, 0.2) is 28.9 Å². The molecule has 118 valence electrons. The molecule has 1 atom stereocenters. The van der Waals surface area contributed by atoms with Crippen molar-refractivity contribution < 1.29 is 19.4 Å². The number of alkyl carbamates (subject to hydrolysis) is 1. The molecule has 0 saturated heterocycles. The summed E-state index contributed by atoms with van der Waals surface area (Å²) in [5.41, 5.74) is 0.557. The Morgan fingerprint density at radius 2 is 2.05 bits per heavy atom. The van der Waals surface area contributed by atoms with Crippen LogP contribution < -0.4 is 5.32 Å². The Balaban J connectivity index is 2.33. The maximum Gasteiger partial charge on any atom is 0.408 e. The van der Waals surface area contributed by atoms with Gasteiger partial charge in [-0.15, -0.1) is 0 Å². The minimum absolute atomic E-state index is 0.467. The highest BCUT2D eigenvalue weighted by Gasteiger charge is 2.27. The number of amides is 1. The molecule has 0 aliphatic heterocycles. The minimum atomic E-state index is -1.20. The zero-order chi connectivity index (χ0) is 16.5. The van der Waals surface area contributed by atoms with Crippen LogP contribution >= 0.6 is 15.9 Å². The number of fused-ring (bicyclic) bond motifs is 1. The van der Waals surface area contributed by atoms with E-state index in [1.54, 1.807) is 33.0 Å². The molecular weight excluding hydrogens is 352 g/mol. The summed E-state index contributed by atoms with van der Waals surface area (Å²) in [5.74, 6) is -1.16. The predicted molar refractivity (Wildman–Crippen MR) is 85.7 cm³/mol. The van der Waals surface area contributed by atoms with Gasteiger partial charge in [0.2, 0.25) is 0 Å². The number of halogens is 1. The van der Waals surface area contributed by atoms with Gasteiger partial charge in [0.1, 0.15) is 5.60 Å². The molecule has 7 heteroatoms. The molecule has 0 aliphatic rings. The first-order valence-electron chi connectivity index (χ1n) is 6.66. The molecule has 1 heterocycles. The van der Waals surface area contributed by atoms with Crippen LogP contribution in [0.1, 0.15) is 32.4 Å². The number of hydrogen-bond acceptors (Lipinski definition) is 3. The van der Waals surface area contributed by atoms with Crippen LogP contribution in [0.4, 0.5) is 4.79 Å². The van der Waals surface area contributed by atoms with E-state index in [0.29, 0.717) is 5.56 Å². The van der Waals surface area contributed by atoms with E-state index >= 15 is 0 Å². The highest BCUT2D eigenvalue weighted by molar-refractivity contribution is 9.10. The molecule has 2 rings (SSSR count). The smallest absolute Gasteiger partial charge is 0.408 e. The first-order valence-corrected chi connectivity index (χ1v) is 7.45. The van der Waals surface area contributed by atoms with Crippen LogP contribution in [-0.4, -0.2) is 27.8 Å². The lowest BCUT2D eigenvalue weighted by molar-refractivity contribution is -0.139. The maximum absolute atomic E-state index is 11.9. The summed E-state index contributed by atoms with van der Waals surface area (Å²) < 4.78 is 5.94. The molecule has 1 amide bonds. The Morgan fingerprint density at radius 3 is 2.64 bits per heavy atom. The third-order valence-corrected chi connectivity index (χ3v) is 3.39. The molecule has 0 saturated carbocycles. The van der Waals surface area contributed by atoms with Crippen molar-refractivity contribution in [2.75, 3.05) is 0 Å². The molecule has 2 aromatic rings. The van der Waals surface area contributed by atoms with Crippen LogP contribution in [0.25, 0.3) is 10.9 Å². The number of rotatable bonds is 3. The average Bonchev–Trinajstić information content (AvgIpc) is 2.76. The molecule has 22 heavy (non-hydrogen) atoms. The van der Waals surface area contributed by atoms with Crippen molar-refractivity contribution in [2.45, 2.75) is 32.4 Å². The van der Waals surface area contributed by atoms with Gasteiger partial charge in [0.05, 0.1) is 0 Å². The third kappa shape index (κ3) is 3.79. The summed E-state index contributed by atoms with van der Waals surface area (Å²) in [6.07, 6.45) is 0.803. The van der Waals surface area contributed by atoms with Gasteiger partial charge in [0.25, 0.3) is 0 Å². The fourth-order valence-corrected chi connectivity index (χ4v) is 2.41. The number of nitrogens with one attached hydrogen (secondary N) is 2. The minimum Gasteiger partial charge on any atom is -0.479 e. The standard InChI is InChI=1S/C15H17BrN2O4/c1-15(2,3)22-14(21)18-12(13(19)20)10-7-17-11-5-4-8(16)6-9(10)11/h4-7,12,17H,1-3H3,(H,18,21)(H,19,20). The van der Waals surface area contributed by atoms with Crippen molar-refractivity contribution in [3.63, 3.8) is 0 Å².